The van der Waals surface area contributed by atoms with Gasteiger partial charge in [0.1, 0.15) is 0 Å². The van der Waals surface area contributed by atoms with Crippen molar-refractivity contribution in [3.05, 3.63) is 68.5 Å². The zero-order chi connectivity index (χ0) is 18.0. The van der Waals surface area contributed by atoms with Gasteiger partial charge >= 0.3 is 11.7 Å². The second-order valence-corrected chi connectivity index (χ2v) is 6.40. The van der Waals surface area contributed by atoms with E-state index in [4.69, 9.17) is 4.74 Å². The van der Waals surface area contributed by atoms with Crippen LogP contribution in [-0.4, -0.2) is 33.3 Å². The Kier molecular flexibility index (Phi) is 4.85. The Morgan fingerprint density at radius 1 is 1.28 bits per heavy atom. The molecule has 3 atom stereocenters. The third-order valence-electron chi connectivity index (χ3n) is 4.61. The van der Waals surface area contributed by atoms with E-state index < -0.39 is 23.3 Å². The van der Waals surface area contributed by atoms with Gasteiger partial charge in [-0.3, -0.25) is 14.3 Å². The number of H-pyrrole nitrogens is 1. The van der Waals surface area contributed by atoms with Crippen molar-refractivity contribution in [2.75, 3.05) is 6.61 Å². The number of nitrogens with one attached hydrogen (secondary N) is 1. The standard InChI is InChI=1S/C18H20N2O5/c1-11-9-20(18(24)19-16(11)22)14-7-13(15(21)8-14)10-25-17(23)12-5-3-2-4-6-12/h2-6,9,13-15,21H,7-8,10H2,1H3,(H,19,22,24)/t13-,14-,15+/m1/s1. The summed E-state index contributed by atoms with van der Waals surface area (Å²) in [4.78, 5) is 37.7. The van der Waals surface area contributed by atoms with Gasteiger partial charge in [0.25, 0.3) is 5.56 Å². The van der Waals surface area contributed by atoms with E-state index in [1.807, 2.05) is 6.07 Å². The Bertz CT molecular complexity index is 871. The molecule has 1 fully saturated rings. The Balaban J connectivity index is 1.66. The Morgan fingerprint density at radius 3 is 2.72 bits per heavy atom. The fourth-order valence-electron chi connectivity index (χ4n) is 3.18. The lowest BCUT2D eigenvalue weighted by Gasteiger charge is -2.15. The smallest absolute Gasteiger partial charge is 0.338 e. The van der Waals surface area contributed by atoms with Gasteiger partial charge in [-0.2, -0.15) is 0 Å². The molecule has 0 spiro atoms. The fourth-order valence-corrected chi connectivity index (χ4v) is 3.18. The summed E-state index contributed by atoms with van der Waals surface area (Å²) < 4.78 is 6.74. The van der Waals surface area contributed by atoms with Crippen LogP contribution in [0.25, 0.3) is 0 Å². The number of carbonyl (C=O) groups is 1. The van der Waals surface area contributed by atoms with E-state index in [2.05, 4.69) is 4.98 Å². The van der Waals surface area contributed by atoms with Crippen molar-refractivity contribution < 1.29 is 14.6 Å². The van der Waals surface area contributed by atoms with Gasteiger partial charge < -0.3 is 9.84 Å². The van der Waals surface area contributed by atoms with Gasteiger partial charge in [0.2, 0.25) is 0 Å². The van der Waals surface area contributed by atoms with Crippen LogP contribution < -0.4 is 11.2 Å². The zero-order valence-electron chi connectivity index (χ0n) is 13.8. The maximum absolute atomic E-state index is 12.0. The van der Waals surface area contributed by atoms with Gasteiger partial charge in [-0.15, -0.1) is 0 Å². The molecule has 1 aliphatic carbocycles. The molecule has 7 nitrogen and oxygen atoms in total. The molecule has 7 heteroatoms. The van der Waals surface area contributed by atoms with E-state index in [9.17, 15) is 19.5 Å². The Hall–Kier alpha value is -2.67. The average Bonchev–Trinajstić information content (AvgIpc) is 2.97. The van der Waals surface area contributed by atoms with E-state index >= 15 is 0 Å². The van der Waals surface area contributed by atoms with Gasteiger partial charge in [-0.05, 0) is 31.9 Å². The lowest BCUT2D eigenvalue weighted by molar-refractivity contribution is 0.0303. The summed E-state index contributed by atoms with van der Waals surface area (Å²) in [5.74, 6) is -0.690. The van der Waals surface area contributed by atoms with Crippen LogP contribution >= 0.6 is 0 Å². The van der Waals surface area contributed by atoms with Crippen molar-refractivity contribution in [1.29, 1.82) is 0 Å². The molecule has 1 aromatic heterocycles. The number of aromatic nitrogens is 2. The number of ether oxygens (including phenoxy) is 1. The molecule has 132 valence electrons. The van der Waals surface area contributed by atoms with Gasteiger partial charge in [0.05, 0.1) is 18.3 Å². The lowest BCUT2D eigenvalue weighted by atomic mass is 10.1. The number of esters is 1. The minimum atomic E-state index is -0.673. The Labute approximate surface area is 143 Å². The summed E-state index contributed by atoms with van der Waals surface area (Å²) in [6.07, 6.45) is 1.71. The van der Waals surface area contributed by atoms with Crippen LogP contribution in [0.1, 0.15) is 34.8 Å². The van der Waals surface area contributed by atoms with Crippen LogP contribution in [0.3, 0.4) is 0 Å². The largest absolute Gasteiger partial charge is 0.462 e. The maximum atomic E-state index is 12.0. The minimum Gasteiger partial charge on any atom is -0.462 e. The van der Waals surface area contributed by atoms with Crippen molar-refractivity contribution in [1.82, 2.24) is 9.55 Å². The number of benzene rings is 1. The first-order chi connectivity index (χ1) is 12.0. The number of aliphatic hydroxyl groups excluding tert-OH is 1. The molecule has 0 saturated heterocycles. The van der Waals surface area contributed by atoms with E-state index in [1.165, 1.54) is 10.8 Å². The second-order valence-electron chi connectivity index (χ2n) is 6.40. The molecular weight excluding hydrogens is 324 g/mol. The number of carbonyl (C=O) groups excluding carboxylic acids is 1. The van der Waals surface area contributed by atoms with E-state index in [0.29, 0.717) is 24.0 Å². The summed E-state index contributed by atoms with van der Waals surface area (Å²) in [5.41, 5.74) is -0.00470. The monoisotopic (exact) mass is 344 g/mol. The number of aromatic amines is 1. The fraction of sp³-hybridized carbons (Fsp3) is 0.389. The highest BCUT2D eigenvalue weighted by Gasteiger charge is 2.35. The van der Waals surface area contributed by atoms with Gasteiger partial charge in [0.15, 0.2) is 0 Å². The molecule has 1 saturated carbocycles. The van der Waals surface area contributed by atoms with Crippen molar-refractivity contribution in [2.24, 2.45) is 5.92 Å². The van der Waals surface area contributed by atoms with Crippen LogP contribution in [0.2, 0.25) is 0 Å². The van der Waals surface area contributed by atoms with Crippen LogP contribution in [0, 0.1) is 12.8 Å². The predicted octanol–water partition coefficient (Wildman–Crippen LogP) is 1.01. The number of hydrogen-bond donors (Lipinski definition) is 2. The summed E-state index contributed by atoms with van der Waals surface area (Å²) >= 11 is 0. The summed E-state index contributed by atoms with van der Waals surface area (Å²) in [6, 6.07) is 8.41. The van der Waals surface area contributed by atoms with E-state index in [-0.39, 0.29) is 18.6 Å². The number of aliphatic hydroxyl groups is 1. The van der Waals surface area contributed by atoms with Gasteiger partial charge in [0, 0.05) is 23.7 Å². The number of aryl methyl sites for hydroxylation is 1. The molecule has 1 aromatic carbocycles. The number of nitrogens with zero attached hydrogens (tertiary/aromatic N) is 1. The molecule has 2 N–H and O–H groups in total. The van der Waals surface area contributed by atoms with Crippen LogP contribution in [-0.2, 0) is 4.74 Å². The number of hydrogen-bond acceptors (Lipinski definition) is 5. The number of rotatable bonds is 4. The molecule has 1 heterocycles. The van der Waals surface area contributed by atoms with E-state index in [1.54, 1.807) is 31.2 Å². The Morgan fingerprint density at radius 2 is 2.00 bits per heavy atom. The molecule has 3 rings (SSSR count). The molecule has 25 heavy (non-hydrogen) atoms. The van der Waals surface area contributed by atoms with E-state index in [0.717, 1.165) is 0 Å². The van der Waals surface area contributed by atoms with Gasteiger partial charge in [-0.1, -0.05) is 18.2 Å². The minimum absolute atomic E-state index is 0.0858. The van der Waals surface area contributed by atoms with Crippen LogP contribution in [0.5, 0.6) is 0 Å². The van der Waals surface area contributed by atoms with Crippen LogP contribution in [0.4, 0.5) is 0 Å². The SMILES string of the molecule is Cc1cn([C@@H]2C[C@H](COC(=O)c3ccccc3)[C@@H](O)C2)c(=O)[nH]c1=O. The van der Waals surface area contributed by atoms with Crippen molar-refractivity contribution in [3.63, 3.8) is 0 Å². The first-order valence-corrected chi connectivity index (χ1v) is 8.18. The highest BCUT2D eigenvalue weighted by Crippen LogP contribution is 2.34. The normalized spacial score (nSPS) is 22.7. The first kappa shape index (κ1) is 17.2. The van der Waals surface area contributed by atoms with Crippen molar-refractivity contribution in [2.45, 2.75) is 31.9 Å². The van der Waals surface area contributed by atoms with Crippen molar-refractivity contribution in [3.8, 4) is 0 Å². The highest BCUT2D eigenvalue weighted by atomic mass is 16.5. The zero-order valence-corrected chi connectivity index (χ0v) is 13.8. The molecule has 0 bridgehead atoms. The molecule has 0 radical (unpaired) electrons. The van der Waals surface area contributed by atoms with Crippen molar-refractivity contribution >= 4 is 5.97 Å². The highest BCUT2D eigenvalue weighted by molar-refractivity contribution is 5.89. The summed E-state index contributed by atoms with van der Waals surface area (Å²) in [7, 11) is 0. The second kappa shape index (κ2) is 7.06. The third-order valence-corrected chi connectivity index (χ3v) is 4.61. The predicted molar refractivity (Wildman–Crippen MR) is 90.6 cm³/mol. The topological polar surface area (TPSA) is 101 Å². The summed E-state index contributed by atoms with van der Waals surface area (Å²) in [6.45, 7) is 1.71. The molecular formula is C18H20N2O5. The summed E-state index contributed by atoms with van der Waals surface area (Å²) in [5, 5.41) is 10.2. The van der Waals surface area contributed by atoms with Gasteiger partial charge in [-0.25, -0.2) is 9.59 Å². The molecule has 1 aliphatic rings. The third kappa shape index (κ3) is 3.71. The molecule has 0 unspecified atom stereocenters. The maximum Gasteiger partial charge on any atom is 0.338 e. The average molecular weight is 344 g/mol. The first-order valence-electron chi connectivity index (χ1n) is 8.18. The molecule has 2 aromatic rings. The molecule has 0 amide bonds. The van der Waals surface area contributed by atoms with Crippen LogP contribution in [0.15, 0.2) is 46.1 Å². The molecule has 0 aliphatic heterocycles. The lowest BCUT2D eigenvalue weighted by Crippen LogP contribution is -2.32. The quantitative estimate of drug-likeness (QED) is 0.806.